The third kappa shape index (κ3) is 1.94. The smallest absolute Gasteiger partial charge is 0.238 e. The van der Waals surface area contributed by atoms with Crippen LogP contribution in [0.25, 0.3) is 0 Å². The molecule has 6 rings (SSSR count). The number of halogens is 2. The van der Waals surface area contributed by atoms with Gasteiger partial charge in [-0.05, 0) is 29.3 Å². The Morgan fingerprint density at radius 1 is 0.846 bits per heavy atom. The number of carbonyl (C=O) groups is 3. The average Bonchev–Trinajstić information content (AvgIpc) is 2.90. The van der Waals surface area contributed by atoms with Gasteiger partial charge < -0.3 is 0 Å². The van der Waals surface area contributed by atoms with E-state index < -0.39 is 17.8 Å². The van der Waals surface area contributed by atoms with Crippen LogP contribution in [0, 0.1) is 11.8 Å². The number of Topliss-reactive ketones (excluding diaryl/α,β-unsaturated/α-hetero) is 1. The number of carbonyl (C=O) groups excluding carboxylic acids is 3. The van der Waals surface area contributed by atoms with Crippen molar-refractivity contribution in [2.75, 3.05) is 4.90 Å². The van der Waals surface area contributed by atoms with Gasteiger partial charge in [0.25, 0.3) is 0 Å². The number of fused-ring (bicyclic) bond motifs is 1. The van der Waals surface area contributed by atoms with Crippen LogP contribution in [0.15, 0.2) is 42.5 Å². The van der Waals surface area contributed by atoms with E-state index in [1.54, 1.807) is 12.1 Å². The van der Waals surface area contributed by atoms with E-state index in [0.29, 0.717) is 17.1 Å². The van der Waals surface area contributed by atoms with Crippen molar-refractivity contribution in [2.45, 2.75) is 18.3 Å². The number of imide groups is 1. The second-order valence-corrected chi connectivity index (χ2v) is 7.86. The molecule has 4 unspecified atom stereocenters. The summed E-state index contributed by atoms with van der Waals surface area (Å²) in [4.78, 5) is 40.2. The first-order chi connectivity index (χ1) is 12.5. The van der Waals surface area contributed by atoms with Crippen LogP contribution < -0.4 is 4.90 Å². The molecular formula is C20H13Cl2NO3. The molecule has 0 N–H and O–H groups in total. The molecule has 0 spiro atoms. The molecule has 2 amide bonds. The number of anilines is 1. The largest absolute Gasteiger partial charge is 0.299 e. The van der Waals surface area contributed by atoms with Crippen LogP contribution >= 0.6 is 23.2 Å². The Labute approximate surface area is 159 Å². The van der Waals surface area contributed by atoms with E-state index in [1.165, 1.54) is 11.0 Å². The van der Waals surface area contributed by atoms with Gasteiger partial charge in [-0.15, -0.1) is 0 Å². The quantitative estimate of drug-likeness (QED) is 0.698. The first-order valence-corrected chi connectivity index (χ1v) is 9.19. The van der Waals surface area contributed by atoms with E-state index in [1.807, 2.05) is 24.3 Å². The number of amides is 2. The van der Waals surface area contributed by atoms with Crippen molar-refractivity contribution in [3.8, 4) is 0 Å². The molecule has 1 aliphatic heterocycles. The van der Waals surface area contributed by atoms with Crippen molar-refractivity contribution in [3.63, 3.8) is 0 Å². The van der Waals surface area contributed by atoms with E-state index >= 15 is 0 Å². The second kappa shape index (κ2) is 5.41. The van der Waals surface area contributed by atoms with Crippen molar-refractivity contribution < 1.29 is 14.4 Å². The zero-order valence-electron chi connectivity index (χ0n) is 13.5. The Morgan fingerprint density at radius 3 is 2.27 bits per heavy atom. The highest BCUT2D eigenvalue weighted by Gasteiger charge is 2.62. The summed E-state index contributed by atoms with van der Waals surface area (Å²) in [6.07, 6.45) is 0.317. The third-order valence-electron chi connectivity index (χ3n) is 5.85. The number of ketones is 1. The molecule has 4 atom stereocenters. The van der Waals surface area contributed by atoms with Crippen LogP contribution in [0.4, 0.5) is 5.69 Å². The van der Waals surface area contributed by atoms with E-state index in [2.05, 4.69) is 0 Å². The maximum absolute atomic E-state index is 13.2. The van der Waals surface area contributed by atoms with Gasteiger partial charge in [0, 0.05) is 12.3 Å². The summed E-state index contributed by atoms with van der Waals surface area (Å²) in [5.74, 6) is -2.42. The lowest BCUT2D eigenvalue weighted by Gasteiger charge is -2.43. The predicted molar refractivity (Wildman–Crippen MR) is 97.5 cm³/mol. The molecule has 26 heavy (non-hydrogen) atoms. The van der Waals surface area contributed by atoms with E-state index in [0.717, 1.165) is 11.1 Å². The Balaban J connectivity index is 1.65. The summed E-state index contributed by atoms with van der Waals surface area (Å²) in [5.41, 5.74) is 2.32. The van der Waals surface area contributed by atoms with Gasteiger partial charge in [-0.2, -0.15) is 0 Å². The topological polar surface area (TPSA) is 54.5 Å². The van der Waals surface area contributed by atoms with Crippen LogP contribution in [-0.4, -0.2) is 17.6 Å². The highest BCUT2D eigenvalue weighted by molar-refractivity contribution is 6.42. The predicted octanol–water partition coefficient (Wildman–Crippen LogP) is 3.95. The second-order valence-electron chi connectivity index (χ2n) is 7.05. The van der Waals surface area contributed by atoms with Gasteiger partial charge in [-0.1, -0.05) is 47.5 Å². The zero-order chi connectivity index (χ0) is 18.2. The SMILES string of the molecule is O=C1CC2c3ccccc3C1C1C(=O)N(c3ccc(Cl)c(Cl)c3)C(=O)C21. The first-order valence-electron chi connectivity index (χ1n) is 8.43. The Bertz CT molecular complexity index is 1000. The van der Waals surface area contributed by atoms with Gasteiger partial charge in [0.15, 0.2) is 0 Å². The molecule has 130 valence electrons. The lowest BCUT2D eigenvalue weighted by molar-refractivity contribution is -0.134. The summed E-state index contributed by atoms with van der Waals surface area (Å²) in [5, 5.41) is 0.636. The van der Waals surface area contributed by atoms with Crippen LogP contribution in [-0.2, 0) is 14.4 Å². The van der Waals surface area contributed by atoms with Crippen molar-refractivity contribution in [2.24, 2.45) is 11.8 Å². The molecule has 0 aromatic heterocycles. The minimum Gasteiger partial charge on any atom is -0.299 e. The molecular weight excluding hydrogens is 373 g/mol. The molecule has 3 aliphatic carbocycles. The zero-order valence-corrected chi connectivity index (χ0v) is 15.0. The fourth-order valence-electron chi connectivity index (χ4n) is 4.84. The number of nitrogens with zero attached hydrogens (tertiary/aromatic N) is 1. The van der Waals surface area contributed by atoms with E-state index in [9.17, 15) is 14.4 Å². The molecule has 1 saturated carbocycles. The summed E-state index contributed by atoms with van der Waals surface area (Å²) < 4.78 is 0. The molecule has 4 nitrogen and oxygen atoms in total. The highest BCUT2D eigenvalue weighted by atomic mass is 35.5. The van der Waals surface area contributed by atoms with Gasteiger partial charge in [0.05, 0.1) is 33.5 Å². The average molecular weight is 386 g/mol. The maximum atomic E-state index is 13.2. The van der Waals surface area contributed by atoms with Gasteiger partial charge in [-0.25, -0.2) is 4.90 Å². The lowest BCUT2D eigenvalue weighted by atomic mass is 9.56. The normalized spacial score (nSPS) is 29.2. The fourth-order valence-corrected chi connectivity index (χ4v) is 5.13. The molecule has 0 radical (unpaired) electrons. The Kier molecular flexibility index (Phi) is 3.34. The monoisotopic (exact) mass is 385 g/mol. The van der Waals surface area contributed by atoms with E-state index in [-0.39, 0.29) is 28.5 Å². The fraction of sp³-hybridized carbons (Fsp3) is 0.250. The highest BCUT2D eigenvalue weighted by Crippen LogP contribution is 2.57. The summed E-state index contributed by atoms with van der Waals surface area (Å²) in [7, 11) is 0. The Morgan fingerprint density at radius 2 is 1.54 bits per heavy atom. The Hall–Kier alpha value is -2.17. The van der Waals surface area contributed by atoms with Gasteiger partial charge >= 0.3 is 0 Å². The molecule has 1 heterocycles. The molecule has 2 aromatic carbocycles. The number of hydrogen-bond acceptors (Lipinski definition) is 3. The standard InChI is InChI=1S/C20H13Cl2NO3/c21-13-6-5-9(7-14(13)22)23-19(25)17-12-8-15(24)16(18(17)20(23)26)11-4-2-1-3-10(11)12/h1-7,12,16-18H,8H2. The number of rotatable bonds is 1. The van der Waals surface area contributed by atoms with Crippen LogP contribution in [0.5, 0.6) is 0 Å². The molecule has 2 aromatic rings. The maximum Gasteiger partial charge on any atom is 0.238 e. The van der Waals surface area contributed by atoms with Crippen molar-refractivity contribution >= 4 is 46.5 Å². The van der Waals surface area contributed by atoms with Gasteiger partial charge in [0.1, 0.15) is 5.78 Å². The van der Waals surface area contributed by atoms with Gasteiger partial charge in [-0.3, -0.25) is 14.4 Å². The minimum atomic E-state index is -0.627. The van der Waals surface area contributed by atoms with Crippen molar-refractivity contribution in [1.82, 2.24) is 0 Å². The molecule has 6 heteroatoms. The minimum absolute atomic E-state index is 0.0482. The van der Waals surface area contributed by atoms with Crippen LogP contribution in [0.2, 0.25) is 10.0 Å². The molecule has 1 saturated heterocycles. The van der Waals surface area contributed by atoms with Crippen LogP contribution in [0.1, 0.15) is 29.4 Å². The number of hydrogen-bond donors (Lipinski definition) is 0. The summed E-state index contributed by atoms with van der Waals surface area (Å²) in [6, 6.07) is 12.4. The van der Waals surface area contributed by atoms with Crippen molar-refractivity contribution in [3.05, 3.63) is 63.6 Å². The third-order valence-corrected chi connectivity index (χ3v) is 6.59. The molecule has 2 fully saturated rings. The van der Waals surface area contributed by atoms with Gasteiger partial charge in [0.2, 0.25) is 11.8 Å². The molecule has 2 bridgehead atoms. The van der Waals surface area contributed by atoms with E-state index in [4.69, 9.17) is 23.2 Å². The first kappa shape index (κ1) is 16.0. The number of benzene rings is 2. The van der Waals surface area contributed by atoms with Crippen LogP contribution in [0.3, 0.4) is 0 Å². The van der Waals surface area contributed by atoms with Crippen molar-refractivity contribution in [1.29, 1.82) is 0 Å². The molecule has 4 aliphatic rings. The summed E-state index contributed by atoms with van der Waals surface area (Å²) in [6.45, 7) is 0. The lowest BCUT2D eigenvalue weighted by Crippen LogP contribution is -2.44. The summed E-state index contributed by atoms with van der Waals surface area (Å²) >= 11 is 12.0.